The molecule has 0 aliphatic rings. The van der Waals surface area contributed by atoms with E-state index in [1.165, 1.54) is 0 Å². The lowest BCUT2D eigenvalue weighted by atomic mass is 10.3. The molecule has 0 fully saturated rings. The van der Waals surface area contributed by atoms with Crippen molar-refractivity contribution in [3.63, 3.8) is 0 Å². The monoisotopic (exact) mass is 291 g/mol. The summed E-state index contributed by atoms with van der Waals surface area (Å²) in [5, 5.41) is 10.2. The number of aliphatic hydroxyl groups excluding tert-OH is 1. The largest absolute Gasteiger partial charge is 0.390 e. The minimum atomic E-state index is -0.351. The summed E-state index contributed by atoms with van der Waals surface area (Å²) in [6, 6.07) is 0. The molecule has 0 saturated carbocycles. The van der Waals surface area contributed by atoms with Gasteiger partial charge in [-0.1, -0.05) is 0 Å². The molecular weight excluding hydrogens is 258 g/mol. The number of rotatable bonds is 13. The van der Waals surface area contributed by atoms with Crippen LogP contribution < -0.4 is 0 Å². The van der Waals surface area contributed by atoms with E-state index in [9.17, 15) is 5.11 Å². The molecule has 0 saturated heterocycles. The van der Waals surface area contributed by atoms with Crippen LogP contribution in [0.3, 0.4) is 0 Å². The average molecular weight is 291 g/mol. The maximum atomic E-state index is 10.2. The zero-order valence-electron chi connectivity index (χ0n) is 13.8. The van der Waals surface area contributed by atoms with Crippen molar-refractivity contribution in [1.82, 2.24) is 14.7 Å². The minimum Gasteiger partial charge on any atom is -0.390 e. The predicted molar refractivity (Wildman–Crippen MR) is 82.2 cm³/mol. The maximum Gasteiger partial charge on any atom is 0.0793 e. The van der Waals surface area contributed by atoms with Gasteiger partial charge >= 0.3 is 0 Å². The van der Waals surface area contributed by atoms with Gasteiger partial charge in [-0.2, -0.15) is 0 Å². The van der Waals surface area contributed by atoms with Crippen molar-refractivity contribution in [1.29, 1.82) is 0 Å². The fourth-order valence-electron chi connectivity index (χ4n) is 1.91. The first-order valence-corrected chi connectivity index (χ1v) is 7.21. The third-order valence-corrected chi connectivity index (χ3v) is 3.14. The summed E-state index contributed by atoms with van der Waals surface area (Å²) in [5.41, 5.74) is 0. The van der Waals surface area contributed by atoms with Gasteiger partial charge in [0.25, 0.3) is 0 Å². The molecule has 1 N–H and O–H groups in total. The van der Waals surface area contributed by atoms with Crippen molar-refractivity contribution in [2.24, 2.45) is 0 Å². The molecule has 0 bridgehead atoms. The molecule has 1 atom stereocenters. The second-order valence-electron chi connectivity index (χ2n) is 5.51. The minimum absolute atomic E-state index is 0.351. The highest BCUT2D eigenvalue weighted by molar-refractivity contribution is 4.68. The molecule has 1 unspecified atom stereocenters. The van der Waals surface area contributed by atoms with Gasteiger partial charge in [0.2, 0.25) is 0 Å². The van der Waals surface area contributed by atoms with E-state index < -0.39 is 0 Å². The predicted octanol–water partition coefficient (Wildman–Crippen LogP) is -0.564. The first kappa shape index (κ1) is 19.8. The first-order valence-electron chi connectivity index (χ1n) is 7.21. The van der Waals surface area contributed by atoms with Crippen LogP contribution in [0.25, 0.3) is 0 Å². The van der Waals surface area contributed by atoms with Gasteiger partial charge in [-0.3, -0.25) is 4.90 Å². The highest BCUT2D eigenvalue weighted by atomic mass is 16.5. The van der Waals surface area contributed by atoms with Crippen LogP contribution in [-0.2, 0) is 9.47 Å². The van der Waals surface area contributed by atoms with Gasteiger partial charge in [0.05, 0.1) is 19.3 Å². The van der Waals surface area contributed by atoms with Gasteiger partial charge in [-0.05, 0) is 21.1 Å². The Balaban J connectivity index is 3.99. The van der Waals surface area contributed by atoms with Crippen LogP contribution in [0.1, 0.15) is 0 Å². The second-order valence-corrected chi connectivity index (χ2v) is 5.51. The summed E-state index contributed by atoms with van der Waals surface area (Å²) < 4.78 is 10.2. The van der Waals surface area contributed by atoms with Crippen molar-refractivity contribution in [3.05, 3.63) is 0 Å². The standard InChI is InChI=1S/C14H33N3O3/c1-15(2)6-7-16(3)12-14(18)13-17(8-10-19-4)9-11-20-5/h14,18H,6-13H2,1-5H3. The number of ether oxygens (including phenoxy) is 2. The molecule has 0 aliphatic heterocycles. The lowest BCUT2D eigenvalue weighted by molar-refractivity contribution is 0.0538. The number of methoxy groups -OCH3 is 2. The van der Waals surface area contributed by atoms with Crippen LogP contribution in [-0.4, -0.2) is 114 Å². The zero-order chi connectivity index (χ0) is 15.4. The van der Waals surface area contributed by atoms with Gasteiger partial charge in [0.1, 0.15) is 0 Å². The molecule has 0 radical (unpaired) electrons. The van der Waals surface area contributed by atoms with Crippen molar-refractivity contribution in [2.75, 3.05) is 87.8 Å². The smallest absolute Gasteiger partial charge is 0.0793 e. The van der Waals surface area contributed by atoms with Gasteiger partial charge in [-0.15, -0.1) is 0 Å². The van der Waals surface area contributed by atoms with Crippen molar-refractivity contribution in [2.45, 2.75) is 6.10 Å². The summed E-state index contributed by atoms with van der Waals surface area (Å²) >= 11 is 0. The fraction of sp³-hybridized carbons (Fsp3) is 1.00. The molecular formula is C14H33N3O3. The molecule has 0 rings (SSSR count). The highest BCUT2D eigenvalue weighted by Gasteiger charge is 2.13. The fourth-order valence-corrected chi connectivity index (χ4v) is 1.91. The average Bonchev–Trinajstić information content (AvgIpc) is 2.39. The van der Waals surface area contributed by atoms with Gasteiger partial charge in [0.15, 0.2) is 0 Å². The van der Waals surface area contributed by atoms with E-state index >= 15 is 0 Å². The number of likely N-dealkylation sites (N-methyl/N-ethyl adjacent to an activating group) is 2. The van der Waals surface area contributed by atoms with Gasteiger partial charge in [-0.25, -0.2) is 0 Å². The van der Waals surface area contributed by atoms with Crippen LogP contribution >= 0.6 is 0 Å². The van der Waals surface area contributed by atoms with Crippen LogP contribution in [0.2, 0.25) is 0 Å². The summed E-state index contributed by atoms with van der Waals surface area (Å²) in [4.78, 5) is 6.49. The number of nitrogens with zero attached hydrogens (tertiary/aromatic N) is 3. The van der Waals surface area contributed by atoms with Crippen molar-refractivity contribution < 1.29 is 14.6 Å². The number of hydrogen-bond donors (Lipinski definition) is 1. The number of aliphatic hydroxyl groups is 1. The van der Waals surface area contributed by atoms with Crippen LogP contribution in [0.5, 0.6) is 0 Å². The third kappa shape index (κ3) is 11.6. The Labute approximate surface area is 124 Å². The summed E-state index contributed by atoms with van der Waals surface area (Å²) in [7, 11) is 9.55. The van der Waals surface area contributed by atoms with Crippen LogP contribution in [0, 0.1) is 0 Å². The topological polar surface area (TPSA) is 48.4 Å². The van der Waals surface area contributed by atoms with E-state index in [0.29, 0.717) is 26.3 Å². The van der Waals surface area contributed by atoms with E-state index in [0.717, 1.165) is 26.2 Å². The molecule has 6 heteroatoms. The van der Waals surface area contributed by atoms with E-state index in [-0.39, 0.29) is 6.10 Å². The first-order chi connectivity index (χ1) is 9.49. The van der Waals surface area contributed by atoms with E-state index in [1.807, 2.05) is 7.05 Å². The SMILES string of the molecule is COCCN(CCOC)CC(O)CN(C)CCN(C)C. The Morgan fingerprint density at radius 2 is 1.40 bits per heavy atom. The molecule has 122 valence electrons. The van der Waals surface area contributed by atoms with Crippen molar-refractivity contribution >= 4 is 0 Å². The Morgan fingerprint density at radius 1 is 0.850 bits per heavy atom. The number of hydrogen-bond acceptors (Lipinski definition) is 6. The molecule has 0 aromatic rings. The van der Waals surface area contributed by atoms with E-state index in [4.69, 9.17) is 9.47 Å². The third-order valence-electron chi connectivity index (χ3n) is 3.14. The molecule has 0 aromatic heterocycles. The molecule has 0 heterocycles. The normalized spacial score (nSPS) is 13.7. The lowest BCUT2D eigenvalue weighted by Gasteiger charge is -2.27. The van der Waals surface area contributed by atoms with Crippen LogP contribution in [0.4, 0.5) is 0 Å². The second kappa shape index (κ2) is 12.5. The Bertz CT molecular complexity index is 210. The zero-order valence-corrected chi connectivity index (χ0v) is 13.8. The molecule has 0 amide bonds. The Kier molecular flexibility index (Phi) is 12.3. The van der Waals surface area contributed by atoms with E-state index in [1.54, 1.807) is 14.2 Å². The quantitative estimate of drug-likeness (QED) is 0.491. The Morgan fingerprint density at radius 3 is 1.85 bits per heavy atom. The molecule has 6 nitrogen and oxygen atoms in total. The summed E-state index contributed by atoms with van der Waals surface area (Å²) in [6.45, 7) is 6.28. The maximum absolute atomic E-state index is 10.2. The van der Waals surface area contributed by atoms with Gasteiger partial charge in [0, 0.05) is 53.5 Å². The molecule has 0 spiro atoms. The van der Waals surface area contributed by atoms with Crippen LogP contribution in [0.15, 0.2) is 0 Å². The molecule has 0 aliphatic carbocycles. The highest BCUT2D eigenvalue weighted by Crippen LogP contribution is 1.96. The molecule has 0 aromatic carbocycles. The summed E-state index contributed by atoms with van der Waals surface area (Å²) in [5.74, 6) is 0. The lowest BCUT2D eigenvalue weighted by Crippen LogP contribution is -2.42. The van der Waals surface area contributed by atoms with Gasteiger partial charge < -0.3 is 24.4 Å². The summed E-state index contributed by atoms with van der Waals surface area (Å²) in [6.07, 6.45) is -0.351. The Hall–Kier alpha value is -0.240. The van der Waals surface area contributed by atoms with Crippen molar-refractivity contribution in [3.8, 4) is 0 Å². The van der Waals surface area contributed by atoms with E-state index in [2.05, 4.69) is 28.8 Å². The molecule has 20 heavy (non-hydrogen) atoms.